The fourth-order valence-corrected chi connectivity index (χ4v) is 3.88. The topological polar surface area (TPSA) is 67.1 Å². The van der Waals surface area contributed by atoms with Gasteiger partial charge in [0.05, 0.1) is 6.04 Å². The smallest absolute Gasteiger partial charge is 0.277 e. The highest BCUT2D eigenvalue weighted by Gasteiger charge is 2.26. The largest absolute Gasteiger partial charge is 0.332 e. The molecule has 3 heterocycles. The number of piperazine rings is 1. The second-order valence-electron chi connectivity index (χ2n) is 6.97. The van der Waals surface area contributed by atoms with Crippen LogP contribution in [0.2, 0.25) is 0 Å². The van der Waals surface area contributed by atoms with Crippen LogP contribution in [0.4, 0.5) is 0 Å². The number of rotatable bonds is 4. The number of nitrogens with one attached hydrogen (secondary N) is 1. The van der Waals surface area contributed by atoms with Crippen LogP contribution in [0.1, 0.15) is 37.2 Å². The second kappa shape index (κ2) is 8.48. The van der Waals surface area contributed by atoms with E-state index >= 15 is 0 Å². The van der Waals surface area contributed by atoms with Crippen LogP contribution >= 0.6 is 23.7 Å². The normalized spacial score (nSPS) is 17.9. The van der Waals surface area contributed by atoms with E-state index in [1.54, 1.807) is 11.3 Å². The molecule has 1 unspecified atom stereocenters. The lowest BCUT2D eigenvalue weighted by molar-refractivity contribution is 0.190. The Morgan fingerprint density at radius 3 is 2.70 bits per heavy atom. The Hall–Kier alpha value is -1.80. The lowest BCUT2D eigenvalue weighted by Gasteiger charge is -2.30. The van der Waals surface area contributed by atoms with Gasteiger partial charge in [-0.25, -0.2) is 4.98 Å². The summed E-state index contributed by atoms with van der Waals surface area (Å²) in [7, 11) is 2.09. The molecule has 4 rings (SSSR count). The zero-order valence-corrected chi connectivity index (χ0v) is 17.3. The Morgan fingerprint density at radius 2 is 2.00 bits per heavy atom. The molecule has 0 amide bonds. The highest BCUT2D eigenvalue weighted by molar-refractivity contribution is 7.13. The third-order valence-electron chi connectivity index (χ3n) is 4.80. The van der Waals surface area contributed by atoms with Crippen molar-refractivity contribution in [1.29, 1.82) is 0 Å². The molecule has 27 heavy (non-hydrogen) atoms. The first kappa shape index (κ1) is 19.9. The van der Waals surface area contributed by atoms with Crippen LogP contribution in [-0.4, -0.2) is 46.7 Å². The summed E-state index contributed by atoms with van der Waals surface area (Å²) < 4.78 is 5.48. The number of hydrogen-bond donors (Lipinski definition) is 1. The van der Waals surface area contributed by atoms with Crippen molar-refractivity contribution >= 4 is 23.7 Å². The molecule has 1 aliphatic heterocycles. The highest BCUT2D eigenvalue weighted by Crippen LogP contribution is 2.30. The number of aromatic nitrogens is 3. The third-order valence-corrected chi connectivity index (χ3v) is 5.69. The molecule has 0 saturated carbocycles. The Bertz CT molecular complexity index is 876. The van der Waals surface area contributed by atoms with Crippen molar-refractivity contribution in [3.8, 4) is 22.2 Å². The van der Waals surface area contributed by atoms with Crippen LogP contribution in [-0.2, 0) is 0 Å². The van der Waals surface area contributed by atoms with E-state index in [2.05, 4.69) is 65.5 Å². The van der Waals surface area contributed by atoms with Gasteiger partial charge < -0.3 is 9.84 Å². The van der Waals surface area contributed by atoms with Crippen LogP contribution in [0.15, 0.2) is 34.2 Å². The van der Waals surface area contributed by atoms with Crippen LogP contribution in [0, 0.1) is 0 Å². The SMILES string of the molecule is CC(C)c1ccc(-c2nc(-c3nc(C4CNCCN4C)no3)cs2)cc1.Cl. The Morgan fingerprint density at radius 1 is 1.22 bits per heavy atom. The molecule has 1 N–H and O–H groups in total. The average molecular weight is 406 g/mol. The van der Waals surface area contributed by atoms with Crippen molar-refractivity contribution < 1.29 is 4.52 Å². The van der Waals surface area contributed by atoms with E-state index in [1.165, 1.54) is 5.56 Å². The molecular formula is C19H24ClN5OS. The van der Waals surface area contributed by atoms with Gasteiger partial charge in [0.25, 0.3) is 5.89 Å². The Balaban J connectivity index is 0.00000210. The number of thiazole rings is 1. The minimum Gasteiger partial charge on any atom is -0.332 e. The van der Waals surface area contributed by atoms with E-state index in [0.29, 0.717) is 17.6 Å². The van der Waals surface area contributed by atoms with E-state index in [-0.39, 0.29) is 18.4 Å². The number of nitrogens with zero attached hydrogens (tertiary/aromatic N) is 4. The van der Waals surface area contributed by atoms with Gasteiger partial charge in [-0.05, 0) is 18.5 Å². The van der Waals surface area contributed by atoms with Gasteiger partial charge in [-0.15, -0.1) is 23.7 Å². The molecule has 1 saturated heterocycles. The first-order valence-corrected chi connectivity index (χ1v) is 9.80. The Labute approximate surface area is 169 Å². The maximum absolute atomic E-state index is 5.48. The molecule has 3 aromatic rings. The molecule has 1 fully saturated rings. The second-order valence-corrected chi connectivity index (χ2v) is 7.83. The molecule has 1 atom stereocenters. The predicted molar refractivity (Wildman–Crippen MR) is 110 cm³/mol. The number of hydrogen-bond acceptors (Lipinski definition) is 7. The van der Waals surface area contributed by atoms with Crippen molar-refractivity contribution in [1.82, 2.24) is 25.3 Å². The summed E-state index contributed by atoms with van der Waals surface area (Å²) in [5.74, 6) is 1.73. The van der Waals surface area contributed by atoms with Gasteiger partial charge in [0.15, 0.2) is 5.82 Å². The van der Waals surface area contributed by atoms with Crippen molar-refractivity contribution in [2.24, 2.45) is 0 Å². The molecular weight excluding hydrogens is 382 g/mol. The lowest BCUT2D eigenvalue weighted by atomic mass is 10.0. The average Bonchev–Trinajstić information content (AvgIpc) is 3.32. The quantitative estimate of drug-likeness (QED) is 0.708. The van der Waals surface area contributed by atoms with Crippen molar-refractivity contribution in [3.05, 3.63) is 41.0 Å². The molecule has 0 radical (unpaired) electrons. The van der Waals surface area contributed by atoms with E-state index in [9.17, 15) is 0 Å². The summed E-state index contributed by atoms with van der Waals surface area (Å²) in [5, 5.41) is 10.5. The van der Waals surface area contributed by atoms with Crippen molar-refractivity contribution in [2.75, 3.05) is 26.7 Å². The number of halogens is 1. The summed E-state index contributed by atoms with van der Waals surface area (Å²) in [6.07, 6.45) is 0. The summed E-state index contributed by atoms with van der Waals surface area (Å²) in [6.45, 7) is 7.19. The van der Waals surface area contributed by atoms with Crippen LogP contribution < -0.4 is 5.32 Å². The minimum absolute atomic E-state index is 0. The highest BCUT2D eigenvalue weighted by atomic mass is 35.5. The lowest BCUT2D eigenvalue weighted by Crippen LogP contribution is -2.44. The van der Waals surface area contributed by atoms with Gasteiger partial charge in [0.2, 0.25) is 0 Å². The predicted octanol–water partition coefficient (Wildman–Crippen LogP) is 3.98. The van der Waals surface area contributed by atoms with Crippen molar-refractivity contribution in [3.63, 3.8) is 0 Å². The van der Waals surface area contributed by atoms with E-state index < -0.39 is 0 Å². The summed E-state index contributed by atoms with van der Waals surface area (Å²) in [4.78, 5) is 11.5. The van der Waals surface area contributed by atoms with Gasteiger partial charge in [0, 0.05) is 30.6 Å². The maximum atomic E-state index is 5.48. The van der Waals surface area contributed by atoms with Gasteiger partial charge >= 0.3 is 0 Å². The summed E-state index contributed by atoms with van der Waals surface area (Å²) in [5.41, 5.74) is 3.18. The summed E-state index contributed by atoms with van der Waals surface area (Å²) >= 11 is 1.60. The maximum Gasteiger partial charge on any atom is 0.277 e. The van der Waals surface area contributed by atoms with Crippen LogP contribution in [0.3, 0.4) is 0 Å². The first-order valence-electron chi connectivity index (χ1n) is 8.92. The van der Waals surface area contributed by atoms with Crippen molar-refractivity contribution in [2.45, 2.75) is 25.8 Å². The molecule has 1 aromatic carbocycles. The van der Waals surface area contributed by atoms with Gasteiger partial charge in [-0.2, -0.15) is 4.98 Å². The summed E-state index contributed by atoms with van der Waals surface area (Å²) in [6, 6.07) is 8.72. The minimum atomic E-state index is 0. The van der Waals surface area contributed by atoms with Gasteiger partial charge in [-0.3, -0.25) is 4.90 Å². The molecule has 8 heteroatoms. The van der Waals surface area contributed by atoms with E-state index in [0.717, 1.165) is 35.9 Å². The number of likely N-dealkylation sites (N-methyl/N-ethyl adjacent to an activating group) is 1. The Kier molecular flexibility index (Phi) is 6.26. The monoisotopic (exact) mass is 405 g/mol. The van der Waals surface area contributed by atoms with E-state index in [4.69, 9.17) is 9.51 Å². The number of benzene rings is 1. The zero-order chi connectivity index (χ0) is 18.1. The molecule has 0 bridgehead atoms. The molecule has 0 spiro atoms. The zero-order valence-electron chi connectivity index (χ0n) is 15.7. The van der Waals surface area contributed by atoms with E-state index in [1.807, 2.05) is 5.38 Å². The van der Waals surface area contributed by atoms with Crippen LogP contribution in [0.25, 0.3) is 22.2 Å². The third kappa shape index (κ3) is 4.21. The van der Waals surface area contributed by atoms with Gasteiger partial charge in [-0.1, -0.05) is 43.3 Å². The molecule has 6 nitrogen and oxygen atoms in total. The fourth-order valence-electron chi connectivity index (χ4n) is 3.08. The molecule has 2 aromatic heterocycles. The van der Waals surface area contributed by atoms with Crippen LogP contribution in [0.5, 0.6) is 0 Å². The standard InChI is InChI=1S/C19H23N5OS.ClH/c1-12(2)13-4-6-14(7-5-13)19-21-15(11-26-19)18-22-17(23-25-18)16-10-20-8-9-24(16)3;/h4-7,11-12,16,20H,8-10H2,1-3H3;1H. The molecule has 1 aliphatic rings. The molecule has 144 valence electrons. The molecule has 0 aliphatic carbocycles. The first-order chi connectivity index (χ1) is 12.6. The van der Waals surface area contributed by atoms with Gasteiger partial charge in [0.1, 0.15) is 10.7 Å². The fraction of sp³-hybridized carbons (Fsp3) is 0.421.